The third-order valence-corrected chi connectivity index (χ3v) is 4.68. The van der Waals surface area contributed by atoms with Crippen LogP contribution in [-0.2, 0) is 10.0 Å². The third kappa shape index (κ3) is 3.70. The van der Waals surface area contributed by atoms with E-state index < -0.39 is 27.4 Å². The van der Waals surface area contributed by atoms with E-state index in [1.165, 1.54) is 12.1 Å². The summed E-state index contributed by atoms with van der Waals surface area (Å²) in [7, 11) is -3.94. The topological polar surface area (TPSA) is 83.5 Å². The van der Waals surface area contributed by atoms with E-state index in [0.29, 0.717) is 0 Å². The molecule has 2 N–H and O–H groups in total. The number of benzene rings is 2. The molecule has 2 aromatic carbocycles. The van der Waals surface area contributed by atoms with Crippen LogP contribution in [0.3, 0.4) is 0 Å². The van der Waals surface area contributed by atoms with Gasteiger partial charge in [-0.3, -0.25) is 4.72 Å². The second-order valence-corrected chi connectivity index (χ2v) is 6.98. The highest BCUT2D eigenvalue weighted by Crippen LogP contribution is 2.22. The number of nitrogens with one attached hydrogen (secondary N) is 1. The van der Waals surface area contributed by atoms with Gasteiger partial charge in [0.1, 0.15) is 5.82 Å². The molecule has 0 saturated heterocycles. The Kier molecular flexibility index (Phi) is 4.47. The molecule has 21 heavy (non-hydrogen) atoms. The molecule has 110 valence electrons. The van der Waals surface area contributed by atoms with E-state index in [2.05, 4.69) is 4.72 Å². The average Bonchev–Trinajstić information content (AvgIpc) is 2.41. The summed E-state index contributed by atoms with van der Waals surface area (Å²) in [4.78, 5) is 11.0. The Morgan fingerprint density at radius 2 is 1.76 bits per heavy atom. The standard InChI is InChI=1S/C13H9FINO4S/c14-8-1-6-12(11(7-8)13(17)18)16-21(19,20)10-4-2-9(15)3-5-10/h1-7,16H,(H,17,18). The van der Waals surface area contributed by atoms with Gasteiger partial charge in [-0.2, -0.15) is 0 Å². The summed E-state index contributed by atoms with van der Waals surface area (Å²) in [6, 6.07) is 8.83. The minimum atomic E-state index is -3.94. The number of hydrogen-bond donors (Lipinski definition) is 2. The Labute approximate surface area is 134 Å². The smallest absolute Gasteiger partial charge is 0.337 e. The fourth-order valence-corrected chi connectivity index (χ4v) is 3.04. The minimum Gasteiger partial charge on any atom is -0.478 e. The van der Waals surface area contributed by atoms with Crippen LogP contribution in [0.5, 0.6) is 0 Å². The number of carbonyl (C=O) groups is 1. The molecule has 0 unspecified atom stereocenters. The molecule has 0 heterocycles. The Morgan fingerprint density at radius 3 is 2.33 bits per heavy atom. The molecule has 0 radical (unpaired) electrons. The molecule has 0 aromatic heterocycles. The zero-order valence-corrected chi connectivity index (χ0v) is 13.4. The molecule has 0 aliphatic rings. The fourth-order valence-electron chi connectivity index (χ4n) is 1.60. The molecular weight excluding hydrogens is 412 g/mol. The van der Waals surface area contributed by atoms with Crippen LogP contribution in [0.4, 0.5) is 10.1 Å². The van der Waals surface area contributed by atoms with E-state index in [-0.39, 0.29) is 10.6 Å². The summed E-state index contributed by atoms with van der Waals surface area (Å²) in [6.45, 7) is 0. The first-order valence-corrected chi connectivity index (χ1v) is 8.17. The zero-order valence-electron chi connectivity index (χ0n) is 10.4. The summed E-state index contributed by atoms with van der Waals surface area (Å²) in [5.74, 6) is -2.18. The van der Waals surface area contributed by atoms with Crippen molar-refractivity contribution in [3.63, 3.8) is 0 Å². The first kappa shape index (κ1) is 15.7. The maximum atomic E-state index is 13.1. The highest BCUT2D eigenvalue weighted by Gasteiger charge is 2.19. The predicted molar refractivity (Wildman–Crippen MR) is 83.3 cm³/mol. The number of hydrogen-bond acceptors (Lipinski definition) is 3. The second-order valence-electron chi connectivity index (χ2n) is 4.05. The molecule has 0 fully saturated rings. The summed E-state index contributed by atoms with van der Waals surface area (Å²) in [5, 5.41) is 8.99. The van der Waals surface area contributed by atoms with Crippen molar-refractivity contribution in [1.29, 1.82) is 0 Å². The quantitative estimate of drug-likeness (QED) is 0.744. The number of rotatable bonds is 4. The number of halogens is 2. The number of carboxylic acids is 1. The number of sulfonamides is 1. The van der Waals surface area contributed by atoms with Crippen LogP contribution in [0.15, 0.2) is 47.4 Å². The monoisotopic (exact) mass is 421 g/mol. The largest absolute Gasteiger partial charge is 0.478 e. The third-order valence-electron chi connectivity index (χ3n) is 2.58. The summed E-state index contributed by atoms with van der Waals surface area (Å²) < 4.78 is 40.4. The van der Waals surface area contributed by atoms with Gasteiger partial charge in [-0.25, -0.2) is 17.6 Å². The SMILES string of the molecule is O=C(O)c1cc(F)ccc1NS(=O)(=O)c1ccc(I)cc1. The van der Waals surface area contributed by atoms with Gasteiger partial charge in [-0.05, 0) is 65.1 Å². The van der Waals surface area contributed by atoms with Crippen LogP contribution in [0.1, 0.15) is 10.4 Å². The molecule has 0 aliphatic heterocycles. The van der Waals surface area contributed by atoms with E-state index in [9.17, 15) is 17.6 Å². The molecule has 0 amide bonds. The summed E-state index contributed by atoms with van der Waals surface area (Å²) >= 11 is 2.03. The van der Waals surface area contributed by atoms with Crippen molar-refractivity contribution in [2.75, 3.05) is 4.72 Å². The van der Waals surface area contributed by atoms with E-state index in [0.717, 1.165) is 21.8 Å². The van der Waals surface area contributed by atoms with E-state index in [1.807, 2.05) is 22.6 Å². The van der Waals surface area contributed by atoms with Gasteiger partial charge in [0, 0.05) is 3.57 Å². The Hall–Kier alpha value is -1.68. The molecule has 0 spiro atoms. The lowest BCUT2D eigenvalue weighted by Crippen LogP contribution is -2.15. The van der Waals surface area contributed by atoms with Gasteiger partial charge < -0.3 is 5.11 Å². The van der Waals surface area contributed by atoms with Crippen molar-refractivity contribution in [1.82, 2.24) is 0 Å². The van der Waals surface area contributed by atoms with E-state index >= 15 is 0 Å². The fraction of sp³-hybridized carbons (Fsp3) is 0. The summed E-state index contributed by atoms with van der Waals surface area (Å²) in [5.41, 5.74) is -0.647. The zero-order chi connectivity index (χ0) is 15.6. The minimum absolute atomic E-state index is 0.0106. The Morgan fingerprint density at radius 1 is 1.14 bits per heavy atom. The van der Waals surface area contributed by atoms with Crippen molar-refractivity contribution in [3.8, 4) is 0 Å². The van der Waals surface area contributed by atoms with E-state index in [1.54, 1.807) is 12.1 Å². The van der Waals surface area contributed by atoms with Gasteiger partial charge in [0.2, 0.25) is 0 Å². The molecular formula is C13H9FINO4S. The van der Waals surface area contributed by atoms with Crippen LogP contribution >= 0.6 is 22.6 Å². The Bertz CT molecular complexity index is 790. The molecule has 0 saturated carbocycles. The second kappa shape index (κ2) is 5.98. The van der Waals surface area contributed by atoms with Gasteiger partial charge in [-0.15, -0.1) is 0 Å². The summed E-state index contributed by atoms with van der Waals surface area (Å²) in [6.07, 6.45) is 0. The van der Waals surface area contributed by atoms with Crippen molar-refractivity contribution in [3.05, 3.63) is 57.4 Å². The molecule has 0 atom stereocenters. The van der Waals surface area contributed by atoms with Crippen LogP contribution in [0.25, 0.3) is 0 Å². The van der Waals surface area contributed by atoms with Crippen molar-refractivity contribution >= 4 is 44.3 Å². The van der Waals surface area contributed by atoms with Crippen LogP contribution in [-0.4, -0.2) is 19.5 Å². The highest BCUT2D eigenvalue weighted by atomic mass is 127. The van der Waals surface area contributed by atoms with Gasteiger partial charge in [-0.1, -0.05) is 0 Å². The van der Waals surface area contributed by atoms with Crippen molar-refractivity contribution in [2.24, 2.45) is 0 Å². The Balaban J connectivity index is 2.41. The molecule has 2 rings (SSSR count). The number of aromatic carboxylic acids is 1. The van der Waals surface area contributed by atoms with Crippen LogP contribution in [0.2, 0.25) is 0 Å². The predicted octanol–water partition coefficient (Wildman–Crippen LogP) is 2.93. The lowest BCUT2D eigenvalue weighted by atomic mass is 10.2. The molecule has 2 aromatic rings. The number of carboxylic acid groups (broad SMARTS) is 1. The van der Waals surface area contributed by atoms with Crippen molar-refractivity contribution < 1.29 is 22.7 Å². The first-order chi connectivity index (χ1) is 9.79. The van der Waals surface area contributed by atoms with Gasteiger partial charge >= 0.3 is 5.97 Å². The van der Waals surface area contributed by atoms with Crippen LogP contribution < -0.4 is 4.72 Å². The van der Waals surface area contributed by atoms with Gasteiger partial charge in [0.05, 0.1) is 16.1 Å². The van der Waals surface area contributed by atoms with Crippen molar-refractivity contribution in [2.45, 2.75) is 4.90 Å². The first-order valence-electron chi connectivity index (χ1n) is 5.61. The van der Waals surface area contributed by atoms with Crippen LogP contribution in [0, 0.1) is 9.39 Å². The maximum Gasteiger partial charge on any atom is 0.337 e. The molecule has 5 nitrogen and oxygen atoms in total. The molecule has 0 bridgehead atoms. The molecule has 8 heteroatoms. The lowest BCUT2D eigenvalue weighted by molar-refractivity contribution is 0.0697. The van der Waals surface area contributed by atoms with Gasteiger partial charge in [0.15, 0.2) is 0 Å². The van der Waals surface area contributed by atoms with Gasteiger partial charge in [0.25, 0.3) is 10.0 Å². The maximum absolute atomic E-state index is 13.1. The van der Waals surface area contributed by atoms with E-state index in [4.69, 9.17) is 5.11 Å². The lowest BCUT2D eigenvalue weighted by Gasteiger charge is -2.10. The normalized spacial score (nSPS) is 11.1. The molecule has 0 aliphatic carbocycles. The number of anilines is 1. The highest BCUT2D eigenvalue weighted by molar-refractivity contribution is 14.1. The average molecular weight is 421 g/mol.